The SMILES string of the molecule is [15NH2][13c]1[15n][13c]2[13c]([15n][13cH][15n]2[13CH]2O[13CH]3[13CH2]OP(=O)([O-])O[13CH]4[13CH]([13CH2]OP(=O)([O-])O[13CH]3[13CH]2O)O[13CH]([15n]2[13cH][15n][13c]3[13c](=O)[15nH][13c]([15NH2])[15n][13c]32)[13CH]4O)[13c](=O)[15nH]1.[Na+].[Na+]. The number of nitrogen functional groups attached to an aromatic ring is 2. The third-order valence-corrected chi connectivity index (χ3v) is 9.30. The number of phosphoric ester groups is 2. The number of H-pyrrole nitrogens is 2. The Labute approximate surface area is 309 Å². The minimum atomic E-state index is -5.36. The van der Waals surface area contributed by atoms with Crippen molar-refractivity contribution < 1.29 is 116 Å². The van der Waals surface area contributed by atoms with E-state index in [1.54, 1.807) is 0 Å². The number of aliphatic hydroxyl groups excluding tert-OH is 2. The summed E-state index contributed by atoms with van der Waals surface area (Å²) in [6.45, 7) is -1.92. The van der Waals surface area contributed by atoms with E-state index in [0.29, 0.717) is 0 Å². The molecule has 248 valence electrons. The Bertz CT molecular complexity index is 1920. The van der Waals surface area contributed by atoms with E-state index in [1.165, 1.54) is 0 Å². The van der Waals surface area contributed by atoms with E-state index in [0.717, 1.165) is 21.8 Å². The second-order valence-corrected chi connectivity index (χ2v) is 13.0. The third kappa shape index (κ3) is 6.85. The largest absolute Gasteiger partial charge is 1.00 e. The van der Waals surface area contributed by atoms with E-state index in [9.17, 15) is 38.7 Å². The zero-order valence-electron chi connectivity index (χ0n) is 24.7. The van der Waals surface area contributed by atoms with Gasteiger partial charge < -0.3 is 59.0 Å². The summed E-state index contributed by atoms with van der Waals surface area (Å²) in [5.74, 6) is -0.598. The zero-order chi connectivity index (χ0) is 32.7. The molecule has 0 aliphatic carbocycles. The monoisotopic (exact) mass is 764 g/mol. The van der Waals surface area contributed by atoms with Gasteiger partial charge >= 0.3 is 59.1 Å². The Morgan fingerprint density at radius 1 is 0.771 bits per heavy atom. The topological polar surface area (TPSA) is 355 Å². The first-order valence-electron chi connectivity index (χ1n) is 13.1. The van der Waals surface area contributed by atoms with Crippen LogP contribution in [0.1, 0.15) is 12.5 Å². The van der Waals surface area contributed by atoms with Gasteiger partial charge in [0.25, 0.3) is 26.8 Å². The van der Waals surface area contributed by atoms with Crippen molar-refractivity contribution in [3.8, 4) is 0 Å². The van der Waals surface area contributed by atoms with Gasteiger partial charge in [-0.1, -0.05) is 0 Å². The number of nitrogens with zero attached hydrogens (tertiary/aromatic N) is 6. The number of rotatable bonds is 2. The average Bonchev–Trinajstić information content (AvgIpc) is 3.72. The summed E-state index contributed by atoms with van der Waals surface area (Å²) in [5, 5.41) is 22.1. The predicted molar refractivity (Wildman–Crippen MR) is 142 cm³/mol. The zero-order valence-corrected chi connectivity index (χ0v) is 30.5. The van der Waals surface area contributed by atoms with E-state index in [4.69, 9.17) is 39.0 Å². The van der Waals surface area contributed by atoms with E-state index < -0.39 is 89.1 Å². The number of nitrogens with two attached hydrogens (primary N) is 2. The maximum absolute atomic E-state index is 13.0. The summed E-state index contributed by atoms with van der Waals surface area (Å²) < 4.78 is 59.6. The standard InChI is InChI=1S/C20H24N10O14P2.2Na/c21-19-25-13-7(15(33)27-19)23-3-29(13)17-9(31)11-5(41-17)1-39-45(35,36)44-12-6(2-40-46(37,38)43-11)42-18(10(12)32)30-4-24-8-14(30)26-20(22)28-16(8)34;;/h3-6,9-12,17-18,31-32H,1-2H2,(H,35,36)(H,37,38)(H3,21,25,27,33)(H3,22,26,28,34);;/q;2*+1/p-2/i1+1,2+1,3+1,4+1,5+1,6+1,7+1,8+1,9+1,10+1,11+1,12+1,13+1,14+1,15+1,16+1,17+1,18+1,19+1,20+1,21+1,22+1,23+1,24+1,25+1,26+1,27+1,28+1,29+1,30+1;;. The molecule has 0 spiro atoms. The van der Waals surface area contributed by atoms with Gasteiger partial charge in [0.05, 0.1) is 25.9 Å². The molecule has 8 N–H and O–H groups in total. The number of aromatic amines is 2. The number of phosphoric acid groups is 2. The number of fused-ring (bicyclic) bond motifs is 4. The fourth-order valence-electron chi connectivity index (χ4n) is 5.37. The molecule has 4 aromatic heterocycles. The molecule has 4 aromatic rings. The van der Waals surface area contributed by atoms with E-state index >= 15 is 0 Å². The van der Waals surface area contributed by atoms with Gasteiger partial charge in [0, 0.05) is 0 Å². The molecule has 0 bridgehead atoms. The molecule has 3 saturated heterocycles. The molecule has 0 saturated carbocycles. The maximum atomic E-state index is 13.0. The van der Waals surface area contributed by atoms with Gasteiger partial charge in [-0.3, -0.25) is 37.8 Å². The summed E-state index contributed by atoms with van der Waals surface area (Å²) in [7, 11) is -10.7. The van der Waals surface area contributed by atoms with Crippen LogP contribution in [0.4, 0.5) is 11.9 Å². The second-order valence-electron chi connectivity index (χ2n) is 10.3. The molecule has 0 radical (unpaired) electrons. The first-order valence-corrected chi connectivity index (χ1v) is 16.0. The van der Waals surface area contributed by atoms with Crippen molar-refractivity contribution in [1.29, 1.82) is 0 Å². The van der Waals surface area contributed by atoms with Crippen LogP contribution in [0, 0.1) is 0 Å². The van der Waals surface area contributed by atoms with Crippen molar-refractivity contribution in [2.24, 2.45) is 0 Å². The van der Waals surface area contributed by atoms with Crippen molar-refractivity contribution in [1.82, 2.24) is 39.0 Å². The number of ether oxygens (including phenoxy) is 2. The van der Waals surface area contributed by atoms with Crippen molar-refractivity contribution in [2.75, 3.05) is 24.7 Å². The molecule has 28 heteroatoms. The van der Waals surface area contributed by atoms with Crippen LogP contribution < -0.4 is 91.5 Å². The molecule has 0 amide bonds. The predicted octanol–water partition coefficient (Wildman–Crippen LogP) is -10.3. The minimum absolute atomic E-state index is 0. The van der Waals surface area contributed by atoms with Gasteiger partial charge in [0.15, 0.2) is 34.8 Å². The molecular formula is C20H22N10Na2O14P2. The van der Waals surface area contributed by atoms with E-state index in [1.807, 2.05) is 0 Å². The normalized spacial score (nSPS) is 35.6. The smallest absolute Gasteiger partial charge is 0.756 e. The van der Waals surface area contributed by atoms with Crippen LogP contribution in [0.2, 0.25) is 0 Å². The Kier molecular flexibility index (Phi) is 10.8. The molecule has 7 rings (SSSR count). The van der Waals surface area contributed by atoms with Crippen LogP contribution >= 0.6 is 15.6 Å². The molecule has 7 heterocycles. The summed E-state index contributed by atoms with van der Waals surface area (Å²) in [4.78, 5) is 70.5. The van der Waals surface area contributed by atoms with Gasteiger partial charge in [0.1, 0.15) is 36.6 Å². The number of aliphatic hydroxyl groups is 2. The van der Waals surface area contributed by atoms with Crippen molar-refractivity contribution in [3.63, 3.8) is 0 Å². The first kappa shape index (κ1) is 37.6. The molecule has 10 atom stereocenters. The van der Waals surface area contributed by atoms with E-state index in [2.05, 4.69) is 29.9 Å². The summed E-state index contributed by atoms with van der Waals surface area (Å²) >= 11 is 0. The minimum Gasteiger partial charge on any atom is -0.756 e. The molecule has 3 fully saturated rings. The van der Waals surface area contributed by atoms with Crippen LogP contribution in [0.5, 0.6) is 0 Å². The molecule has 48 heavy (non-hydrogen) atoms. The molecule has 0 aromatic carbocycles. The van der Waals surface area contributed by atoms with Gasteiger partial charge in [-0.25, -0.2) is 9.97 Å². The Morgan fingerprint density at radius 2 is 1.15 bits per heavy atom. The number of nitrogens with one attached hydrogen (secondary N) is 2. The maximum Gasteiger partial charge on any atom is 1.00 e. The van der Waals surface area contributed by atoms with Crippen LogP contribution in [0.3, 0.4) is 0 Å². The Morgan fingerprint density at radius 3 is 1.52 bits per heavy atom. The number of aromatic nitrogens is 8. The molecular weight excluding hydrogens is 742 g/mol. The molecule has 3 aliphatic rings. The fraction of sp³-hybridized carbons (Fsp3) is 0.500. The van der Waals surface area contributed by atoms with Gasteiger partial charge in [-0.05, 0) is 0 Å². The molecule has 24 nitrogen and oxygen atoms in total. The van der Waals surface area contributed by atoms with Crippen LogP contribution in [0.25, 0.3) is 22.3 Å². The van der Waals surface area contributed by atoms with Crippen molar-refractivity contribution >= 4 is 49.9 Å². The van der Waals surface area contributed by atoms with Gasteiger partial charge in [-0.2, -0.15) is 9.97 Å². The quantitative estimate of drug-likeness (QED) is 0.0477. The van der Waals surface area contributed by atoms with Crippen LogP contribution in [0.15, 0.2) is 22.2 Å². The molecule has 3 aliphatic heterocycles. The number of anilines is 2. The van der Waals surface area contributed by atoms with Crippen LogP contribution in [-0.2, 0) is 36.7 Å². The Balaban J connectivity index is 0.00000225. The Hall–Kier alpha value is -1.64. The van der Waals surface area contributed by atoms with Crippen LogP contribution in [-0.4, -0.2) is 99.1 Å². The first-order chi connectivity index (χ1) is 21.7. The summed E-state index contributed by atoms with van der Waals surface area (Å²) in [5.41, 5.74) is 9.11. The number of imidazole rings is 2. The average molecular weight is 764 g/mol. The summed E-state index contributed by atoms with van der Waals surface area (Å²) in [6, 6.07) is 0. The summed E-state index contributed by atoms with van der Waals surface area (Å²) in [6.07, 6.45) is -11.5. The van der Waals surface area contributed by atoms with Gasteiger partial charge in [-0.15, -0.1) is 0 Å². The number of hydrogen-bond donors (Lipinski definition) is 6. The number of hydrogen-bond acceptors (Lipinski definition) is 20. The second kappa shape index (κ2) is 13.8. The van der Waals surface area contributed by atoms with E-state index in [-0.39, 0.29) is 93.3 Å². The fourth-order valence-corrected chi connectivity index (χ4v) is 7.27. The van der Waals surface area contributed by atoms with Gasteiger partial charge in [0.2, 0.25) is 11.9 Å². The third-order valence-electron chi connectivity index (χ3n) is 7.36. The van der Waals surface area contributed by atoms with Crippen molar-refractivity contribution in [3.05, 3.63) is 33.4 Å². The van der Waals surface area contributed by atoms with Crippen molar-refractivity contribution in [2.45, 2.75) is 49.1 Å². The molecule has 10 unspecified atom stereocenters.